The molecule has 3 aliphatic carbocycles. The van der Waals surface area contributed by atoms with Gasteiger partial charge in [0, 0.05) is 13.1 Å². The average molecular weight is 472 g/mol. The van der Waals surface area contributed by atoms with Gasteiger partial charge in [-0.25, -0.2) is 13.1 Å². The van der Waals surface area contributed by atoms with Crippen molar-refractivity contribution in [2.45, 2.75) is 83.7 Å². The number of nitriles is 1. The molecule has 1 amide bonds. The molecular formula is C26H37N3O3S. The van der Waals surface area contributed by atoms with Crippen LogP contribution in [0.1, 0.15) is 76.3 Å². The molecule has 0 unspecified atom stereocenters. The van der Waals surface area contributed by atoms with Gasteiger partial charge in [0.05, 0.1) is 17.4 Å². The van der Waals surface area contributed by atoms with E-state index in [0.29, 0.717) is 11.5 Å². The Bertz CT molecular complexity index is 1010. The summed E-state index contributed by atoms with van der Waals surface area (Å²) in [6.45, 7) is 4.45. The first-order valence-corrected chi connectivity index (χ1v) is 14.0. The van der Waals surface area contributed by atoms with Gasteiger partial charge in [-0.1, -0.05) is 38.8 Å². The van der Waals surface area contributed by atoms with Crippen LogP contribution in [0.3, 0.4) is 0 Å². The van der Waals surface area contributed by atoms with E-state index in [0.717, 1.165) is 56.9 Å². The van der Waals surface area contributed by atoms with Crippen molar-refractivity contribution in [1.29, 1.82) is 5.26 Å². The number of likely N-dealkylation sites (N-methyl/N-ethyl adjacent to an activating group) is 1. The number of rotatable bonds is 8. The molecule has 180 valence electrons. The maximum atomic E-state index is 13.5. The van der Waals surface area contributed by atoms with Gasteiger partial charge in [-0.15, -0.1) is 0 Å². The molecule has 4 rings (SSSR count). The van der Waals surface area contributed by atoms with Gasteiger partial charge in [0.1, 0.15) is 6.04 Å². The summed E-state index contributed by atoms with van der Waals surface area (Å²) in [5.74, 6) is 0.521. The standard InChI is InChI=1S/C26H37N3O3S/c1-25(2)21-12-14-26(25,15-13-21)18-33(31,32)28-23(16-19-8-10-20(17-27)11-9-19)24(30)29(3)22-6-4-5-7-22/h8-11,21-23,28H,4-7,12-16,18H2,1-3H3/t21?,23-,26?/m0/s1. The smallest absolute Gasteiger partial charge is 0.241 e. The molecule has 0 spiro atoms. The number of benzene rings is 1. The van der Waals surface area contributed by atoms with E-state index in [9.17, 15) is 13.2 Å². The fourth-order valence-corrected chi connectivity index (χ4v) is 8.86. The number of carbonyl (C=O) groups excluding carboxylic acids is 1. The van der Waals surface area contributed by atoms with Crippen LogP contribution in [0.15, 0.2) is 24.3 Å². The fourth-order valence-electron chi connectivity index (χ4n) is 6.77. The van der Waals surface area contributed by atoms with E-state index >= 15 is 0 Å². The maximum absolute atomic E-state index is 13.5. The Hall–Kier alpha value is -1.91. The topological polar surface area (TPSA) is 90.3 Å². The van der Waals surface area contributed by atoms with Crippen LogP contribution in [0.4, 0.5) is 0 Å². The van der Waals surface area contributed by atoms with Crippen LogP contribution in [-0.2, 0) is 21.2 Å². The van der Waals surface area contributed by atoms with Gasteiger partial charge in [-0.05, 0) is 79.4 Å². The Morgan fingerprint density at radius 2 is 1.76 bits per heavy atom. The Morgan fingerprint density at radius 1 is 1.15 bits per heavy atom. The number of carbonyl (C=O) groups is 1. The quantitative estimate of drug-likeness (QED) is 0.620. The molecule has 0 saturated heterocycles. The molecule has 0 aromatic heterocycles. The zero-order chi connectivity index (χ0) is 23.9. The van der Waals surface area contributed by atoms with Crippen molar-refractivity contribution in [2.24, 2.45) is 16.7 Å². The summed E-state index contributed by atoms with van der Waals surface area (Å²) in [7, 11) is -1.86. The number of nitrogens with zero attached hydrogens (tertiary/aromatic N) is 2. The van der Waals surface area contributed by atoms with Gasteiger partial charge in [0.15, 0.2) is 0 Å². The highest BCUT2D eigenvalue weighted by molar-refractivity contribution is 7.89. The monoisotopic (exact) mass is 471 g/mol. The SMILES string of the molecule is CN(C(=O)[C@H](Cc1ccc(C#N)cc1)NS(=O)(=O)CC12CCC(CC1)C2(C)C)C1CCCC1. The molecule has 1 N–H and O–H groups in total. The highest BCUT2D eigenvalue weighted by Gasteiger charge is 2.60. The molecule has 0 radical (unpaired) electrons. The molecule has 3 aliphatic rings. The van der Waals surface area contributed by atoms with Crippen LogP contribution >= 0.6 is 0 Å². The number of hydrogen-bond acceptors (Lipinski definition) is 4. The lowest BCUT2D eigenvalue weighted by Crippen LogP contribution is -2.52. The van der Waals surface area contributed by atoms with Crippen molar-refractivity contribution in [2.75, 3.05) is 12.8 Å². The van der Waals surface area contributed by atoms with E-state index in [1.807, 2.05) is 12.1 Å². The lowest BCUT2D eigenvalue weighted by Gasteiger charge is -2.38. The van der Waals surface area contributed by atoms with Crippen LogP contribution in [0, 0.1) is 28.1 Å². The number of nitrogens with one attached hydrogen (secondary N) is 1. The minimum Gasteiger partial charge on any atom is -0.341 e. The van der Waals surface area contributed by atoms with Crippen molar-refractivity contribution >= 4 is 15.9 Å². The van der Waals surface area contributed by atoms with Gasteiger partial charge in [-0.2, -0.15) is 5.26 Å². The zero-order valence-corrected chi connectivity index (χ0v) is 21.0. The lowest BCUT2D eigenvalue weighted by atomic mass is 9.71. The minimum atomic E-state index is -3.66. The maximum Gasteiger partial charge on any atom is 0.241 e. The first-order chi connectivity index (χ1) is 15.6. The third kappa shape index (κ3) is 4.70. The molecule has 1 aromatic carbocycles. The molecule has 0 aliphatic heterocycles. The molecule has 1 aromatic rings. The first kappa shape index (κ1) is 24.2. The lowest BCUT2D eigenvalue weighted by molar-refractivity contribution is -0.133. The van der Waals surface area contributed by atoms with Gasteiger partial charge in [0.25, 0.3) is 0 Å². The van der Waals surface area contributed by atoms with Crippen LogP contribution in [0.5, 0.6) is 0 Å². The Morgan fingerprint density at radius 3 is 2.27 bits per heavy atom. The fraction of sp³-hybridized carbons (Fsp3) is 0.692. The molecule has 1 atom stereocenters. The Balaban J connectivity index is 1.55. The summed E-state index contributed by atoms with van der Waals surface area (Å²) in [6.07, 6.45) is 8.51. The van der Waals surface area contributed by atoms with Crippen LogP contribution < -0.4 is 4.72 Å². The van der Waals surface area contributed by atoms with Crippen LogP contribution in [0.25, 0.3) is 0 Å². The van der Waals surface area contributed by atoms with Gasteiger partial charge < -0.3 is 4.90 Å². The third-order valence-electron chi connectivity index (χ3n) is 9.16. The summed E-state index contributed by atoms with van der Waals surface area (Å²) < 4.78 is 29.8. The van der Waals surface area contributed by atoms with Crippen molar-refractivity contribution in [1.82, 2.24) is 9.62 Å². The van der Waals surface area contributed by atoms with Crippen molar-refractivity contribution in [3.63, 3.8) is 0 Å². The molecular weight excluding hydrogens is 434 g/mol. The van der Waals surface area contributed by atoms with E-state index in [4.69, 9.17) is 5.26 Å². The van der Waals surface area contributed by atoms with E-state index in [1.165, 1.54) is 0 Å². The van der Waals surface area contributed by atoms with Crippen LogP contribution in [0.2, 0.25) is 0 Å². The summed E-state index contributed by atoms with van der Waals surface area (Å²) in [4.78, 5) is 15.3. The molecule has 3 fully saturated rings. The first-order valence-electron chi connectivity index (χ1n) is 12.3. The van der Waals surface area contributed by atoms with Gasteiger partial charge in [0.2, 0.25) is 15.9 Å². The summed E-state index contributed by atoms with van der Waals surface area (Å²) in [5.41, 5.74) is 1.19. The average Bonchev–Trinajstić information content (AvgIpc) is 3.45. The molecule has 0 heterocycles. The number of hydrogen-bond donors (Lipinski definition) is 1. The Labute approximate surface area is 198 Å². The second-order valence-electron chi connectivity index (χ2n) is 11.1. The molecule has 2 bridgehead atoms. The number of amides is 1. The summed E-state index contributed by atoms with van der Waals surface area (Å²) in [6, 6.07) is 8.48. The molecule has 33 heavy (non-hydrogen) atoms. The normalized spacial score (nSPS) is 27.4. The van der Waals surface area contributed by atoms with Crippen molar-refractivity contribution in [3.8, 4) is 6.07 Å². The predicted octanol–water partition coefficient (Wildman–Crippen LogP) is 4.01. The van der Waals surface area contributed by atoms with Gasteiger partial charge >= 0.3 is 0 Å². The van der Waals surface area contributed by atoms with Crippen molar-refractivity contribution in [3.05, 3.63) is 35.4 Å². The van der Waals surface area contributed by atoms with Crippen molar-refractivity contribution < 1.29 is 13.2 Å². The highest BCUT2D eigenvalue weighted by atomic mass is 32.2. The largest absolute Gasteiger partial charge is 0.341 e. The van der Waals surface area contributed by atoms with E-state index < -0.39 is 16.1 Å². The summed E-state index contributed by atoms with van der Waals surface area (Å²) in [5, 5.41) is 9.07. The number of sulfonamides is 1. The molecule has 6 nitrogen and oxygen atoms in total. The van der Waals surface area contributed by atoms with E-state index in [2.05, 4.69) is 24.6 Å². The molecule has 3 saturated carbocycles. The second-order valence-corrected chi connectivity index (χ2v) is 12.9. The van der Waals surface area contributed by atoms with Crippen LogP contribution in [-0.4, -0.2) is 44.1 Å². The number of fused-ring (bicyclic) bond motifs is 2. The van der Waals surface area contributed by atoms with E-state index in [-0.39, 0.29) is 35.0 Å². The third-order valence-corrected chi connectivity index (χ3v) is 10.7. The minimum absolute atomic E-state index is 0.00895. The van der Waals surface area contributed by atoms with Gasteiger partial charge in [-0.3, -0.25) is 4.79 Å². The Kier molecular flexibility index (Phi) is 6.63. The second kappa shape index (κ2) is 9.03. The predicted molar refractivity (Wildman–Crippen MR) is 129 cm³/mol. The van der Waals surface area contributed by atoms with E-state index in [1.54, 1.807) is 24.1 Å². The summed E-state index contributed by atoms with van der Waals surface area (Å²) >= 11 is 0. The zero-order valence-electron chi connectivity index (χ0n) is 20.1. The molecule has 7 heteroatoms. The highest BCUT2D eigenvalue weighted by Crippen LogP contribution is 2.66.